The summed E-state index contributed by atoms with van der Waals surface area (Å²) in [5.41, 5.74) is 0.812. The van der Waals surface area contributed by atoms with Gasteiger partial charge in [0.15, 0.2) is 5.13 Å². The second-order valence-electron chi connectivity index (χ2n) is 5.15. The number of hydrogen-bond acceptors (Lipinski definition) is 5. The first-order valence-corrected chi connectivity index (χ1v) is 6.75. The number of rotatable bonds is 2. The Morgan fingerprint density at radius 2 is 2.24 bits per heavy atom. The van der Waals surface area contributed by atoms with Crippen molar-refractivity contribution in [3.63, 3.8) is 0 Å². The molecule has 2 heterocycles. The van der Waals surface area contributed by atoms with Crippen LogP contribution in [-0.2, 0) is 4.74 Å². The Hall–Kier alpha value is -0.650. The van der Waals surface area contributed by atoms with E-state index in [0.29, 0.717) is 0 Å². The van der Waals surface area contributed by atoms with E-state index in [9.17, 15) is 5.11 Å². The summed E-state index contributed by atoms with van der Waals surface area (Å²) in [6.45, 7) is 10.4. The number of hydrogen-bond donors (Lipinski definition) is 1. The Morgan fingerprint density at radius 3 is 2.76 bits per heavy atom. The summed E-state index contributed by atoms with van der Waals surface area (Å²) in [7, 11) is 0. The lowest BCUT2D eigenvalue weighted by Gasteiger charge is -2.38. The third-order valence-corrected chi connectivity index (χ3v) is 4.29. The highest BCUT2D eigenvalue weighted by atomic mass is 32.1. The summed E-state index contributed by atoms with van der Waals surface area (Å²) in [6, 6.07) is 0. The molecule has 17 heavy (non-hydrogen) atoms. The summed E-state index contributed by atoms with van der Waals surface area (Å²) in [6.07, 6.45) is -0.435. The molecule has 1 fully saturated rings. The van der Waals surface area contributed by atoms with Crippen LogP contribution in [0.25, 0.3) is 0 Å². The zero-order valence-corrected chi connectivity index (χ0v) is 11.7. The van der Waals surface area contributed by atoms with E-state index in [-0.39, 0.29) is 5.60 Å². The van der Waals surface area contributed by atoms with Crippen molar-refractivity contribution < 1.29 is 9.84 Å². The van der Waals surface area contributed by atoms with Crippen molar-refractivity contribution in [3.05, 3.63) is 10.6 Å². The van der Waals surface area contributed by atoms with Crippen LogP contribution in [0.5, 0.6) is 0 Å². The van der Waals surface area contributed by atoms with Gasteiger partial charge in [0.1, 0.15) is 0 Å². The molecule has 4 nitrogen and oxygen atoms in total. The van der Waals surface area contributed by atoms with Crippen LogP contribution in [0.1, 0.15) is 37.4 Å². The average molecular weight is 256 g/mol. The fourth-order valence-corrected chi connectivity index (χ4v) is 3.12. The smallest absolute Gasteiger partial charge is 0.186 e. The monoisotopic (exact) mass is 256 g/mol. The molecule has 1 aromatic heterocycles. The molecule has 1 aliphatic rings. The van der Waals surface area contributed by atoms with Crippen LogP contribution in [0.4, 0.5) is 5.13 Å². The van der Waals surface area contributed by atoms with Gasteiger partial charge >= 0.3 is 0 Å². The van der Waals surface area contributed by atoms with Crippen molar-refractivity contribution in [2.45, 2.75) is 39.4 Å². The quantitative estimate of drug-likeness (QED) is 0.880. The molecular weight excluding hydrogens is 236 g/mol. The van der Waals surface area contributed by atoms with Gasteiger partial charge in [-0.15, -0.1) is 0 Å². The summed E-state index contributed by atoms with van der Waals surface area (Å²) in [5, 5.41) is 10.6. The molecule has 5 heteroatoms. The summed E-state index contributed by atoms with van der Waals surface area (Å²) >= 11 is 1.58. The van der Waals surface area contributed by atoms with Crippen molar-refractivity contribution in [2.24, 2.45) is 0 Å². The lowest BCUT2D eigenvalue weighted by molar-refractivity contribution is -0.0277. The molecule has 1 unspecified atom stereocenters. The van der Waals surface area contributed by atoms with Gasteiger partial charge < -0.3 is 14.7 Å². The maximum Gasteiger partial charge on any atom is 0.186 e. The zero-order valence-electron chi connectivity index (χ0n) is 10.9. The minimum atomic E-state index is -0.435. The highest BCUT2D eigenvalue weighted by Gasteiger charge is 2.29. The Labute approximate surface area is 106 Å². The number of nitrogens with zero attached hydrogens (tertiary/aromatic N) is 2. The van der Waals surface area contributed by atoms with Crippen molar-refractivity contribution >= 4 is 16.5 Å². The molecule has 1 atom stereocenters. The molecule has 1 N–H and O–H groups in total. The van der Waals surface area contributed by atoms with E-state index in [1.54, 1.807) is 18.3 Å². The SMILES string of the molecule is Cc1nc(N2CCOC(C)(C)C2)sc1C(C)O. The highest BCUT2D eigenvalue weighted by molar-refractivity contribution is 7.15. The molecule has 1 saturated heterocycles. The molecule has 0 amide bonds. The largest absolute Gasteiger partial charge is 0.388 e. The number of anilines is 1. The summed E-state index contributed by atoms with van der Waals surface area (Å²) < 4.78 is 5.69. The number of ether oxygens (including phenoxy) is 1. The molecule has 2 rings (SSSR count). The van der Waals surface area contributed by atoms with Crippen LogP contribution in [-0.4, -0.2) is 35.4 Å². The molecule has 0 radical (unpaired) electrons. The van der Waals surface area contributed by atoms with Gasteiger partial charge in [-0.25, -0.2) is 4.98 Å². The van der Waals surface area contributed by atoms with Crippen LogP contribution in [0.2, 0.25) is 0 Å². The predicted molar refractivity (Wildman–Crippen MR) is 69.7 cm³/mol. The maximum atomic E-state index is 9.65. The molecule has 0 bridgehead atoms. The summed E-state index contributed by atoms with van der Waals surface area (Å²) in [4.78, 5) is 7.76. The Balaban J connectivity index is 2.20. The minimum absolute atomic E-state index is 0.122. The minimum Gasteiger partial charge on any atom is -0.388 e. The maximum absolute atomic E-state index is 9.65. The Bertz CT molecular complexity index is 401. The first-order chi connectivity index (χ1) is 7.89. The first-order valence-electron chi connectivity index (χ1n) is 5.93. The van der Waals surface area contributed by atoms with Gasteiger partial charge in [0.25, 0.3) is 0 Å². The van der Waals surface area contributed by atoms with Crippen LogP contribution < -0.4 is 4.90 Å². The van der Waals surface area contributed by atoms with Gasteiger partial charge in [-0.1, -0.05) is 11.3 Å². The van der Waals surface area contributed by atoms with Crippen LogP contribution in [0, 0.1) is 6.92 Å². The molecule has 0 spiro atoms. The molecule has 0 aliphatic carbocycles. The van der Waals surface area contributed by atoms with Crippen LogP contribution >= 0.6 is 11.3 Å². The van der Waals surface area contributed by atoms with Crippen molar-refractivity contribution in [3.8, 4) is 0 Å². The van der Waals surface area contributed by atoms with Gasteiger partial charge in [0.05, 0.1) is 28.9 Å². The Morgan fingerprint density at radius 1 is 1.53 bits per heavy atom. The van der Waals surface area contributed by atoms with Gasteiger partial charge in [-0.05, 0) is 27.7 Å². The standard InChI is InChI=1S/C12H20N2O2S/c1-8-10(9(2)15)17-11(13-8)14-5-6-16-12(3,4)7-14/h9,15H,5-7H2,1-4H3. The molecular formula is C12H20N2O2S. The van der Waals surface area contributed by atoms with Crippen molar-refractivity contribution in [1.82, 2.24) is 4.98 Å². The number of aryl methyl sites for hydroxylation is 1. The second kappa shape index (κ2) is 4.55. The predicted octanol–water partition coefficient (Wildman–Crippen LogP) is 2.12. The van der Waals surface area contributed by atoms with Crippen LogP contribution in [0.3, 0.4) is 0 Å². The number of morpholine rings is 1. The van der Waals surface area contributed by atoms with Crippen LogP contribution in [0.15, 0.2) is 0 Å². The van der Waals surface area contributed by atoms with Gasteiger partial charge in [0, 0.05) is 13.1 Å². The number of aliphatic hydroxyl groups excluding tert-OH is 1. The highest BCUT2D eigenvalue weighted by Crippen LogP contribution is 2.32. The number of aromatic nitrogens is 1. The topological polar surface area (TPSA) is 45.6 Å². The van der Waals surface area contributed by atoms with E-state index in [1.807, 2.05) is 6.92 Å². The molecule has 1 aromatic rings. The fraction of sp³-hybridized carbons (Fsp3) is 0.750. The van der Waals surface area contributed by atoms with E-state index in [4.69, 9.17) is 4.74 Å². The Kier molecular flexibility index (Phi) is 3.43. The van der Waals surface area contributed by atoms with E-state index in [0.717, 1.165) is 35.4 Å². The number of aliphatic hydroxyl groups is 1. The number of thiazole rings is 1. The molecule has 0 aromatic carbocycles. The van der Waals surface area contributed by atoms with E-state index in [2.05, 4.69) is 23.7 Å². The molecule has 0 saturated carbocycles. The zero-order chi connectivity index (χ0) is 12.6. The molecule has 1 aliphatic heterocycles. The lowest BCUT2D eigenvalue weighted by Crippen LogP contribution is -2.48. The fourth-order valence-electron chi connectivity index (χ4n) is 2.10. The van der Waals surface area contributed by atoms with Crippen molar-refractivity contribution in [1.29, 1.82) is 0 Å². The third kappa shape index (κ3) is 2.78. The van der Waals surface area contributed by atoms with Gasteiger partial charge in [-0.2, -0.15) is 0 Å². The normalized spacial score (nSPS) is 21.6. The third-order valence-electron chi connectivity index (χ3n) is 2.90. The van der Waals surface area contributed by atoms with E-state index >= 15 is 0 Å². The second-order valence-corrected chi connectivity index (χ2v) is 6.16. The summed E-state index contributed by atoms with van der Waals surface area (Å²) in [5.74, 6) is 0. The first kappa shape index (κ1) is 12.8. The molecule has 96 valence electrons. The van der Waals surface area contributed by atoms with Gasteiger partial charge in [0.2, 0.25) is 0 Å². The van der Waals surface area contributed by atoms with E-state index in [1.165, 1.54) is 0 Å². The average Bonchev–Trinajstić information content (AvgIpc) is 2.59. The lowest BCUT2D eigenvalue weighted by atomic mass is 10.1. The van der Waals surface area contributed by atoms with Crippen molar-refractivity contribution in [2.75, 3.05) is 24.6 Å². The van der Waals surface area contributed by atoms with E-state index < -0.39 is 6.10 Å². The van der Waals surface area contributed by atoms with Gasteiger partial charge in [-0.3, -0.25) is 0 Å².